The van der Waals surface area contributed by atoms with Gasteiger partial charge in [-0.15, -0.1) is 11.3 Å². The summed E-state index contributed by atoms with van der Waals surface area (Å²) in [6, 6.07) is 12.2. The molecule has 0 spiro atoms. The number of rotatable bonds is 5. The smallest absolute Gasteiger partial charge is 0.271 e. The van der Waals surface area contributed by atoms with Crippen LogP contribution in [-0.4, -0.2) is 15.9 Å². The summed E-state index contributed by atoms with van der Waals surface area (Å²) >= 11 is 1.13. The molecule has 4 aromatic rings. The lowest BCUT2D eigenvalue weighted by molar-refractivity contribution is 0.0938. The molecule has 1 N–H and O–H groups in total. The van der Waals surface area contributed by atoms with Gasteiger partial charge in [-0.2, -0.15) is 0 Å². The lowest BCUT2D eigenvalue weighted by atomic mass is 9.99. The quantitative estimate of drug-likeness (QED) is 0.482. The minimum absolute atomic E-state index is 0.0923. The lowest BCUT2D eigenvalue weighted by Gasteiger charge is -2.19. The SMILES string of the molecule is O=C(N[C@@H](c1cccnc1)c1ccc(F)c(F)c1)c1csc(-c2ccccc2F)n1. The molecule has 0 unspecified atom stereocenters. The standard InChI is InChI=1S/C22H14F3N3OS/c23-16-6-2-1-5-15(16)22-27-19(12-30-22)21(29)28-20(14-4-3-9-26-11-14)13-7-8-17(24)18(25)10-13/h1-12,20H,(H,28,29)/t20-/m1/s1. The van der Waals surface area contributed by atoms with Gasteiger partial charge in [-0.1, -0.05) is 24.3 Å². The molecule has 0 bridgehead atoms. The maximum absolute atomic E-state index is 14.0. The first-order chi connectivity index (χ1) is 14.5. The molecule has 0 saturated carbocycles. The Morgan fingerprint density at radius 2 is 1.77 bits per heavy atom. The van der Waals surface area contributed by atoms with E-state index < -0.39 is 29.4 Å². The Bertz CT molecular complexity index is 1200. The van der Waals surface area contributed by atoms with Crippen molar-refractivity contribution in [3.8, 4) is 10.6 Å². The largest absolute Gasteiger partial charge is 0.340 e. The van der Waals surface area contributed by atoms with Crippen LogP contribution < -0.4 is 5.32 Å². The van der Waals surface area contributed by atoms with Gasteiger partial charge in [0, 0.05) is 23.3 Å². The normalized spacial score (nSPS) is 11.8. The molecule has 1 atom stereocenters. The van der Waals surface area contributed by atoms with Crippen LogP contribution in [0.4, 0.5) is 13.2 Å². The minimum atomic E-state index is -1.02. The highest BCUT2D eigenvalue weighted by Gasteiger charge is 2.21. The first kappa shape index (κ1) is 19.8. The number of thiazole rings is 1. The number of hydrogen-bond donors (Lipinski definition) is 1. The highest BCUT2D eigenvalue weighted by atomic mass is 32.1. The third-order valence-electron chi connectivity index (χ3n) is 4.41. The van der Waals surface area contributed by atoms with Gasteiger partial charge in [0.2, 0.25) is 0 Å². The number of carbonyl (C=O) groups is 1. The van der Waals surface area contributed by atoms with E-state index in [1.807, 2.05) is 0 Å². The van der Waals surface area contributed by atoms with Crippen molar-refractivity contribution in [2.24, 2.45) is 0 Å². The molecule has 1 amide bonds. The van der Waals surface area contributed by atoms with E-state index in [1.54, 1.807) is 36.5 Å². The van der Waals surface area contributed by atoms with Crippen LogP contribution in [0.5, 0.6) is 0 Å². The average Bonchev–Trinajstić information content (AvgIpc) is 3.25. The zero-order chi connectivity index (χ0) is 21.1. The van der Waals surface area contributed by atoms with E-state index in [4.69, 9.17) is 0 Å². The highest BCUT2D eigenvalue weighted by molar-refractivity contribution is 7.13. The molecule has 150 valence electrons. The number of hydrogen-bond acceptors (Lipinski definition) is 4. The molecule has 0 radical (unpaired) electrons. The number of pyridine rings is 1. The Morgan fingerprint density at radius 1 is 0.933 bits per heavy atom. The average molecular weight is 425 g/mol. The van der Waals surface area contributed by atoms with Crippen LogP contribution in [-0.2, 0) is 0 Å². The van der Waals surface area contributed by atoms with Gasteiger partial charge in [-0.3, -0.25) is 9.78 Å². The van der Waals surface area contributed by atoms with Gasteiger partial charge >= 0.3 is 0 Å². The molecule has 0 saturated heterocycles. The molecule has 8 heteroatoms. The predicted octanol–water partition coefficient (Wildman–Crippen LogP) is 5.14. The van der Waals surface area contributed by atoms with Crippen molar-refractivity contribution in [1.29, 1.82) is 0 Å². The number of halogens is 3. The van der Waals surface area contributed by atoms with E-state index in [0.717, 1.165) is 23.5 Å². The van der Waals surface area contributed by atoms with E-state index in [1.165, 1.54) is 23.7 Å². The molecular formula is C22H14F3N3OS. The Morgan fingerprint density at radius 3 is 2.50 bits per heavy atom. The number of aromatic nitrogens is 2. The Balaban J connectivity index is 1.64. The van der Waals surface area contributed by atoms with Gasteiger partial charge in [-0.05, 0) is 41.5 Å². The highest BCUT2D eigenvalue weighted by Crippen LogP contribution is 2.27. The minimum Gasteiger partial charge on any atom is -0.340 e. The summed E-state index contributed by atoms with van der Waals surface area (Å²) in [4.78, 5) is 21.1. The summed E-state index contributed by atoms with van der Waals surface area (Å²) in [6.07, 6.45) is 3.09. The van der Waals surface area contributed by atoms with Crippen LogP contribution in [0.15, 0.2) is 72.4 Å². The van der Waals surface area contributed by atoms with Crippen LogP contribution in [0.25, 0.3) is 10.6 Å². The van der Waals surface area contributed by atoms with Gasteiger partial charge in [-0.25, -0.2) is 18.2 Å². The Kier molecular flexibility index (Phi) is 5.58. The summed E-state index contributed by atoms with van der Waals surface area (Å²) in [7, 11) is 0. The molecule has 0 aliphatic rings. The molecule has 2 aromatic heterocycles. The first-order valence-corrected chi connectivity index (χ1v) is 9.77. The van der Waals surface area contributed by atoms with Gasteiger partial charge in [0.1, 0.15) is 16.5 Å². The summed E-state index contributed by atoms with van der Waals surface area (Å²) in [5.74, 6) is -2.98. The van der Waals surface area contributed by atoms with Gasteiger partial charge in [0.15, 0.2) is 11.6 Å². The number of amides is 1. The van der Waals surface area contributed by atoms with Crippen molar-refractivity contribution in [2.75, 3.05) is 0 Å². The van der Waals surface area contributed by atoms with Crippen molar-refractivity contribution in [1.82, 2.24) is 15.3 Å². The lowest BCUT2D eigenvalue weighted by Crippen LogP contribution is -2.29. The molecule has 2 aromatic carbocycles. The molecule has 4 nitrogen and oxygen atoms in total. The summed E-state index contributed by atoms with van der Waals surface area (Å²) in [6.45, 7) is 0. The second kappa shape index (κ2) is 8.46. The van der Waals surface area contributed by atoms with E-state index in [9.17, 15) is 18.0 Å². The summed E-state index contributed by atoms with van der Waals surface area (Å²) in [5.41, 5.74) is 1.32. The Labute approximate surface area is 174 Å². The number of nitrogens with one attached hydrogen (secondary N) is 1. The maximum Gasteiger partial charge on any atom is 0.271 e. The topological polar surface area (TPSA) is 54.9 Å². The molecule has 0 fully saturated rings. The number of carbonyl (C=O) groups excluding carboxylic acids is 1. The second-order valence-electron chi connectivity index (χ2n) is 6.38. The van der Waals surface area contributed by atoms with E-state index in [-0.39, 0.29) is 5.69 Å². The van der Waals surface area contributed by atoms with Crippen LogP contribution in [0.1, 0.15) is 27.7 Å². The molecule has 30 heavy (non-hydrogen) atoms. The van der Waals surface area contributed by atoms with Gasteiger partial charge in [0.25, 0.3) is 5.91 Å². The third kappa shape index (κ3) is 4.08. The van der Waals surface area contributed by atoms with Crippen molar-refractivity contribution in [3.63, 3.8) is 0 Å². The van der Waals surface area contributed by atoms with Crippen molar-refractivity contribution in [3.05, 3.63) is 107 Å². The maximum atomic E-state index is 14.0. The van der Waals surface area contributed by atoms with E-state index in [2.05, 4.69) is 15.3 Å². The van der Waals surface area contributed by atoms with Crippen LogP contribution >= 0.6 is 11.3 Å². The van der Waals surface area contributed by atoms with Gasteiger partial charge in [0.05, 0.1) is 6.04 Å². The third-order valence-corrected chi connectivity index (χ3v) is 5.29. The number of nitrogens with zero attached hydrogens (tertiary/aromatic N) is 2. The molecule has 4 rings (SSSR count). The van der Waals surface area contributed by atoms with Crippen molar-refractivity contribution < 1.29 is 18.0 Å². The van der Waals surface area contributed by atoms with Crippen LogP contribution in [0.2, 0.25) is 0 Å². The molecule has 0 aliphatic heterocycles. The van der Waals surface area contributed by atoms with Crippen molar-refractivity contribution >= 4 is 17.2 Å². The van der Waals surface area contributed by atoms with Crippen LogP contribution in [0, 0.1) is 17.5 Å². The zero-order valence-corrected chi connectivity index (χ0v) is 16.2. The number of benzene rings is 2. The Hall–Kier alpha value is -3.52. The fourth-order valence-corrected chi connectivity index (χ4v) is 3.77. The fraction of sp³-hybridized carbons (Fsp3) is 0.0455. The van der Waals surface area contributed by atoms with Gasteiger partial charge < -0.3 is 5.32 Å². The monoisotopic (exact) mass is 425 g/mol. The fourth-order valence-electron chi connectivity index (χ4n) is 2.94. The molecule has 0 aliphatic carbocycles. The summed E-state index contributed by atoms with van der Waals surface area (Å²) in [5, 5.41) is 4.66. The molecule has 2 heterocycles. The zero-order valence-electron chi connectivity index (χ0n) is 15.4. The summed E-state index contributed by atoms with van der Waals surface area (Å²) < 4.78 is 41.2. The van der Waals surface area contributed by atoms with E-state index >= 15 is 0 Å². The van der Waals surface area contributed by atoms with Crippen LogP contribution in [0.3, 0.4) is 0 Å². The molecular weight excluding hydrogens is 411 g/mol. The predicted molar refractivity (Wildman–Crippen MR) is 107 cm³/mol. The second-order valence-corrected chi connectivity index (χ2v) is 7.24. The first-order valence-electron chi connectivity index (χ1n) is 8.89. The van der Waals surface area contributed by atoms with E-state index in [0.29, 0.717) is 21.7 Å². The van der Waals surface area contributed by atoms with Crippen molar-refractivity contribution in [2.45, 2.75) is 6.04 Å².